The van der Waals surface area contributed by atoms with E-state index in [0.29, 0.717) is 47.3 Å². The fraction of sp³-hybridized carbons (Fsp3) is 0.643. The van der Waals surface area contributed by atoms with E-state index in [1.165, 1.54) is 67.9 Å². The number of methoxy groups -OCH3 is 1. The Kier molecular flexibility index (Phi) is 19.5. The maximum absolute atomic E-state index is 12.3. The van der Waals surface area contributed by atoms with Crippen molar-refractivity contribution in [3.8, 4) is 11.5 Å². The van der Waals surface area contributed by atoms with Gasteiger partial charge in [-0.05, 0) is 164 Å². The summed E-state index contributed by atoms with van der Waals surface area (Å²) < 4.78 is 21.8. The normalized spacial score (nSPS) is 25.0. The predicted octanol–water partition coefficient (Wildman–Crippen LogP) is 11.5. The van der Waals surface area contributed by atoms with Crippen molar-refractivity contribution in [3.63, 3.8) is 0 Å². The zero-order valence-electron chi connectivity index (χ0n) is 39.8. The number of aliphatic hydroxyl groups excluding tert-OH is 2. The van der Waals surface area contributed by atoms with Crippen LogP contribution in [0.15, 0.2) is 66.7 Å². The van der Waals surface area contributed by atoms with Crippen LogP contribution >= 0.6 is 0 Å². The molecule has 0 aliphatic heterocycles. The number of hydrogen-bond acceptors (Lipinski definition) is 8. The Bertz CT molecular complexity index is 1880. The second-order valence-electron chi connectivity index (χ2n) is 20.0. The fourth-order valence-electron chi connectivity index (χ4n) is 12.1. The number of rotatable bonds is 22. The molecule has 0 spiro atoms. The molecule has 8 heteroatoms. The number of carbonyl (C=O) groups is 2. The summed E-state index contributed by atoms with van der Waals surface area (Å²) in [6.45, 7) is 9.39. The molecule has 4 aliphatic carbocycles. The molecular formula is C56H80O8. The van der Waals surface area contributed by atoms with Crippen LogP contribution < -0.4 is 9.47 Å². The van der Waals surface area contributed by atoms with Gasteiger partial charge in [-0.15, -0.1) is 0 Å². The molecule has 7 rings (SSSR count). The Morgan fingerprint density at radius 2 is 1.09 bits per heavy atom. The molecule has 0 bridgehead atoms. The van der Waals surface area contributed by atoms with E-state index >= 15 is 0 Å². The number of esters is 2. The Morgan fingerprint density at radius 3 is 1.56 bits per heavy atom. The number of hydrogen-bond donors (Lipinski definition) is 2. The third-order valence-corrected chi connectivity index (χ3v) is 15.5. The van der Waals surface area contributed by atoms with Gasteiger partial charge in [-0.3, -0.25) is 0 Å². The van der Waals surface area contributed by atoms with E-state index in [9.17, 15) is 19.8 Å². The summed E-state index contributed by atoms with van der Waals surface area (Å²) >= 11 is 0. The second-order valence-corrected chi connectivity index (χ2v) is 20.0. The Balaban J connectivity index is 0.000000216. The van der Waals surface area contributed by atoms with Crippen LogP contribution in [0.1, 0.15) is 145 Å². The number of carbonyl (C=O) groups excluding carboxylic acids is 2. The van der Waals surface area contributed by atoms with Gasteiger partial charge in [-0.1, -0.05) is 121 Å². The van der Waals surface area contributed by atoms with E-state index in [-0.39, 0.29) is 44.0 Å². The summed E-state index contributed by atoms with van der Waals surface area (Å²) in [4.78, 5) is 23.7. The number of unbranched alkanes of at least 4 members (excludes halogenated alkanes) is 4. The highest BCUT2D eigenvalue weighted by Crippen LogP contribution is 2.52. The molecule has 0 aromatic heterocycles. The second kappa shape index (κ2) is 25.1. The third kappa shape index (κ3) is 13.8. The van der Waals surface area contributed by atoms with Crippen LogP contribution in [-0.2, 0) is 51.4 Å². The number of fused-ring (bicyclic) bond motifs is 4. The Labute approximate surface area is 385 Å². The smallest absolute Gasteiger partial charge is 0.344 e. The largest absolute Gasteiger partial charge is 0.482 e. The van der Waals surface area contributed by atoms with E-state index in [1.807, 2.05) is 48.5 Å². The van der Waals surface area contributed by atoms with Gasteiger partial charge in [-0.25, -0.2) is 9.59 Å². The van der Waals surface area contributed by atoms with Crippen LogP contribution in [0.2, 0.25) is 0 Å². The summed E-state index contributed by atoms with van der Waals surface area (Å²) in [7, 11) is 1.39. The van der Waals surface area contributed by atoms with Gasteiger partial charge in [0.15, 0.2) is 13.2 Å². The lowest BCUT2D eigenvalue weighted by Crippen LogP contribution is -2.27. The minimum atomic E-state index is -0.344. The summed E-state index contributed by atoms with van der Waals surface area (Å²) in [5, 5.41) is 20.8. The van der Waals surface area contributed by atoms with Crippen molar-refractivity contribution in [1.82, 2.24) is 0 Å². The highest BCUT2D eigenvalue weighted by Gasteiger charge is 2.45. The molecule has 3 aromatic rings. The van der Waals surface area contributed by atoms with Crippen molar-refractivity contribution >= 4 is 11.9 Å². The van der Waals surface area contributed by atoms with E-state index in [1.54, 1.807) is 0 Å². The van der Waals surface area contributed by atoms with Crippen molar-refractivity contribution in [2.24, 2.45) is 47.3 Å². The van der Waals surface area contributed by atoms with Gasteiger partial charge in [0, 0.05) is 0 Å². The first-order chi connectivity index (χ1) is 31.1. The molecule has 2 fully saturated rings. The highest BCUT2D eigenvalue weighted by atomic mass is 16.6. The maximum Gasteiger partial charge on any atom is 0.344 e. The average Bonchev–Trinajstić information content (AvgIpc) is 3.79. The minimum Gasteiger partial charge on any atom is -0.482 e. The van der Waals surface area contributed by atoms with Gasteiger partial charge in [-0.2, -0.15) is 0 Å². The molecule has 0 heterocycles. The SMILES string of the molecule is CCCCCC(O)CCC1C(C)CC2Cc3c(cccc3OCC(=O)OC)CC21.CCCCCC(O)CCC1C(C)CC2Cc3c(cccc3OCC(=O)OCc3ccccc3)CC21. The van der Waals surface area contributed by atoms with Gasteiger partial charge in [0.2, 0.25) is 0 Å². The van der Waals surface area contributed by atoms with Crippen LogP contribution in [0.5, 0.6) is 11.5 Å². The first-order valence-electron chi connectivity index (χ1n) is 25.2. The zero-order valence-corrected chi connectivity index (χ0v) is 39.8. The zero-order chi connectivity index (χ0) is 45.4. The van der Waals surface area contributed by atoms with Gasteiger partial charge in [0.1, 0.15) is 18.1 Å². The fourth-order valence-corrected chi connectivity index (χ4v) is 12.1. The predicted molar refractivity (Wildman–Crippen MR) is 254 cm³/mol. The first-order valence-corrected chi connectivity index (χ1v) is 25.2. The van der Waals surface area contributed by atoms with Gasteiger partial charge >= 0.3 is 11.9 Å². The number of aliphatic hydroxyl groups is 2. The van der Waals surface area contributed by atoms with E-state index < -0.39 is 0 Å². The van der Waals surface area contributed by atoms with Crippen molar-refractivity contribution in [3.05, 3.63) is 94.5 Å². The molecule has 4 aliphatic rings. The number of benzene rings is 3. The van der Waals surface area contributed by atoms with Crippen LogP contribution in [0.4, 0.5) is 0 Å². The van der Waals surface area contributed by atoms with Crippen LogP contribution in [0.25, 0.3) is 0 Å². The van der Waals surface area contributed by atoms with Crippen molar-refractivity contribution in [2.75, 3.05) is 20.3 Å². The maximum atomic E-state index is 12.3. The quantitative estimate of drug-likeness (QED) is 0.0758. The van der Waals surface area contributed by atoms with Crippen molar-refractivity contribution in [2.45, 2.75) is 162 Å². The van der Waals surface area contributed by atoms with Crippen LogP contribution in [0, 0.1) is 47.3 Å². The molecule has 10 unspecified atom stereocenters. The lowest BCUT2D eigenvalue weighted by Gasteiger charge is -2.33. The molecule has 3 aromatic carbocycles. The van der Waals surface area contributed by atoms with Crippen LogP contribution in [-0.4, -0.2) is 54.7 Å². The summed E-state index contributed by atoms with van der Waals surface area (Å²) in [5.41, 5.74) is 6.27. The standard InChI is InChI=1S/C31H42O4.C25H38O4/c1-3-4-6-13-26(32)15-16-27-22(2)17-25-19-29-24(18-28(25)27)12-9-14-30(29)34-21-31(33)35-20-23-10-7-5-8-11-23;1-4-5-6-9-20(26)11-12-21-17(2)13-19-15-23-18(14-22(19)21)8-7-10-24(23)29-16-25(27)28-3/h5,7-12,14,22,25-28,32H,3-4,6,13,15-21H2,1-2H3;7-8,10,17,19-22,26H,4-6,9,11-16H2,1-3H3. The lowest BCUT2D eigenvalue weighted by molar-refractivity contribution is -0.147. The number of ether oxygens (including phenoxy) is 4. The average molecular weight is 881 g/mol. The topological polar surface area (TPSA) is 112 Å². The minimum absolute atomic E-state index is 0.0317. The molecule has 64 heavy (non-hydrogen) atoms. The molecule has 0 radical (unpaired) electrons. The summed E-state index contributed by atoms with van der Waals surface area (Å²) in [6.07, 6.45) is 19.6. The van der Waals surface area contributed by atoms with Crippen LogP contribution in [0.3, 0.4) is 0 Å². The first kappa shape index (κ1) is 49.6. The van der Waals surface area contributed by atoms with Crippen molar-refractivity contribution < 1.29 is 38.7 Å². The van der Waals surface area contributed by atoms with Crippen molar-refractivity contribution in [1.29, 1.82) is 0 Å². The molecule has 352 valence electrons. The molecule has 8 nitrogen and oxygen atoms in total. The Hall–Kier alpha value is -3.88. The molecule has 10 atom stereocenters. The van der Waals surface area contributed by atoms with E-state index in [0.717, 1.165) is 94.1 Å². The van der Waals surface area contributed by atoms with Gasteiger partial charge in [0.25, 0.3) is 0 Å². The van der Waals surface area contributed by atoms with Gasteiger partial charge < -0.3 is 29.2 Å². The third-order valence-electron chi connectivity index (χ3n) is 15.5. The molecule has 0 amide bonds. The lowest BCUT2D eigenvalue weighted by atomic mass is 9.73. The monoisotopic (exact) mass is 881 g/mol. The molecule has 0 saturated heterocycles. The molecule has 2 saturated carbocycles. The summed E-state index contributed by atoms with van der Waals surface area (Å²) in [6, 6.07) is 22.2. The van der Waals surface area contributed by atoms with E-state index in [4.69, 9.17) is 18.9 Å². The van der Waals surface area contributed by atoms with E-state index in [2.05, 4.69) is 45.9 Å². The molecular weight excluding hydrogens is 801 g/mol. The Morgan fingerprint density at radius 1 is 0.609 bits per heavy atom. The summed E-state index contributed by atoms with van der Waals surface area (Å²) in [5.74, 6) is 6.52. The highest BCUT2D eigenvalue weighted by molar-refractivity contribution is 5.71. The van der Waals surface area contributed by atoms with Gasteiger partial charge in [0.05, 0.1) is 19.3 Å². The molecule has 2 N–H and O–H groups in total.